The number of hydrogen-bond donors (Lipinski definition) is 2. The molecule has 0 saturated carbocycles. The number of carbonyl (C=O) groups is 2. The van der Waals surface area contributed by atoms with Crippen molar-refractivity contribution in [1.82, 2.24) is 5.32 Å². The maximum Gasteiger partial charge on any atom is 0.313 e. The molecule has 0 unspecified atom stereocenters. The van der Waals surface area contributed by atoms with E-state index in [1.54, 1.807) is 19.9 Å². The highest BCUT2D eigenvalue weighted by Crippen LogP contribution is 2.20. The quantitative estimate of drug-likeness (QED) is 0.658. The highest BCUT2D eigenvalue weighted by molar-refractivity contribution is 6.34. The van der Waals surface area contributed by atoms with Crippen LogP contribution in [0.4, 0.5) is 5.69 Å². The van der Waals surface area contributed by atoms with Gasteiger partial charge < -0.3 is 15.8 Å². The molecule has 1 aromatic rings. The van der Waals surface area contributed by atoms with Crippen molar-refractivity contribution in [3.63, 3.8) is 0 Å². The minimum Gasteiger partial charge on any atom is -0.469 e. The van der Waals surface area contributed by atoms with E-state index in [0.29, 0.717) is 11.3 Å². The highest BCUT2D eigenvalue weighted by Gasteiger charge is 2.29. The number of methoxy groups -OCH3 is 1. The van der Waals surface area contributed by atoms with Crippen molar-refractivity contribution in [3.8, 4) is 0 Å². The molecule has 0 atom stereocenters. The van der Waals surface area contributed by atoms with Gasteiger partial charge in [0.15, 0.2) is 0 Å². The van der Waals surface area contributed by atoms with Crippen molar-refractivity contribution in [2.75, 3.05) is 19.4 Å². The molecule has 0 heterocycles. The summed E-state index contributed by atoms with van der Waals surface area (Å²) in [5.41, 5.74) is 5.55. The number of amides is 1. The smallest absolute Gasteiger partial charge is 0.313 e. The van der Waals surface area contributed by atoms with Gasteiger partial charge >= 0.3 is 5.97 Å². The van der Waals surface area contributed by atoms with Crippen LogP contribution in [0.25, 0.3) is 0 Å². The average Bonchev–Trinajstić information content (AvgIpc) is 2.35. The van der Waals surface area contributed by atoms with Gasteiger partial charge in [-0.3, -0.25) is 9.59 Å². The van der Waals surface area contributed by atoms with Crippen molar-refractivity contribution < 1.29 is 14.3 Å². The fourth-order valence-corrected chi connectivity index (χ4v) is 1.74. The average molecular weight is 321 g/mol. The number of ether oxygens (including phenoxy) is 1. The van der Waals surface area contributed by atoms with E-state index in [-0.39, 0.29) is 29.9 Å². The molecule has 0 radical (unpaired) electrons. The first-order valence-electron chi connectivity index (χ1n) is 5.69. The molecule has 1 rings (SSSR count). The zero-order valence-electron chi connectivity index (χ0n) is 11.5. The van der Waals surface area contributed by atoms with Crippen LogP contribution in [0.5, 0.6) is 0 Å². The van der Waals surface area contributed by atoms with Gasteiger partial charge in [-0.25, -0.2) is 0 Å². The molecule has 1 aromatic carbocycles. The largest absolute Gasteiger partial charge is 0.469 e. The molecule has 0 spiro atoms. The van der Waals surface area contributed by atoms with Crippen molar-refractivity contribution in [3.05, 3.63) is 28.8 Å². The summed E-state index contributed by atoms with van der Waals surface area (Å²) in [6, 6.07) is 4.63. The standard InChI is InChI=1S/C13H17ClN2O3.ClH/c1-13(2,12(18)19-3)7-16-11(17)9-5-4-8(15)6-10(9)14;/h4-6H,7,15H2,1-3H3,(H,16,17);1H. The van der Waals surface area contributed by atoms with E-state index < -0.39 is 11.4 Å². The number of hydrogen-bond acceptors (Lipinski definition) is 4. The molecule has 0 bridgehead atoms. The minimum atomic E-state index is -0.801. The maximum atomic E-state index is 11.9. The van der Waals surface area contributed by atoms with E-state index >= 15 is 0 Å². The van der Waals surface area contributed by atoms with Gasteiger partial charge in [0, 0.05) is 12.2 Å². The fraction of sp³-hybridized carbons (Fsp3) is 0.385. The lowest BCUT2D eigenvalue weighted by molar-refractivity contribution is -0.150. The van der Waals surface area contributed by atoms with Gasteiger partial charge in [-0.1, -0.05) is 11.6 Å². The van der Waals surface area contributed by atoms with Gasteiger partial charge in [-0.05, 0) is 32.0 Å². The predicted molar refractivity (Wildman–Crippen MR) is 81.2 cm³/mol. The van der Waals surface area contributed by atoms with Crippen LogP contribution in [0.1, 0.15) is 24.2 Å². The summed E-state index contributed by atoms with van der Waals surface area (Å²) in [7, 11) is 1.31. The van der Waals surface area contributed by atoms with Gasteiger partial charge in [0.2, 0.25) is 0 Å². The van der Waals surface area contributed by atoms with Gasteiger partial charge in [0.05, 0.1) is 23.1 Å². The molecule has 5 nitrogen and oxygen atoms in total. The van der Waals surface area contributed by atoms with Crippen molar-refractivity contribution >= 4 is 41.6 Å². The second-order valence-electron chi connectivity index (χ2n) is 4.80. The summed E-state index contributed by atoms with van der Waals surface area (Å²) >= 11 is 5.93. The zero-order chi connectivity index (χ0) is 14.6. The number of benzene rings is 1. The Hall–Kier alpha value is -1.46. The Kier molecular flexibility index (Phi) is 6.82. The lowest BCUT2D eigenvalue weighted by atomic mass is 9.93. The number of esters is 1. The van der Waals surface area contributed by atoms with Crippen molar-refractivity contribution in [1.29, 1.82) is 0 Å². The Labute approximate surface area is 129 Å². The molecule has 0 aliphatic rings. The van der Waals surface area contributed by atoms with Crippen LogP contribution in [-0.4, -0.2) is 25.5 Å². The predicted octanol–water partition coefficient (Wildman–Crippen LogP) is 2.27. The Morgan fingerprint density at radius 1 is 1.40 bits per heavy atom. The summed E-state index contributed by atoms with van der Waals surface area (Å²) in [5, 5.41) is 2.92. The Morgan fingerprint density at radius 2 is 2.00 bits per heavy atom. The number of nitrogens with one attached hydrogen (secondary N) is 1. The fourth-order valence-electron chi connectivity index (χ4n) is 1.46. The molecule has 0 fully saturated rings. The SMILES string of the molecule is COC(=O)C(C)(C)CNC(=O)c1ccc(N)cc1Cl.Cl. The number of nitrogen functional groups attached to an aromatic ring is 1. The first-order valence-corrected chi connectivity index (χ1v) is 6.07. The first kappa shape index (κ1) is 18.5. The highest BCUT2D eigenvalue weighted by atomic mass is 35.5. The first-order chi connectivity index (χ1) is 8.77. The van der Waals surface area contributed by atoms with E-state index in [2.05, 4.69) is 10.1 Å². The van der Waals surface area contributed by atoms with Crippen LogP contribution in [0.2, 0.25) is 5.02 Å². The minimum absolute atomic E-state index is 0. The Bertz CT molecular complexity index is 504. The topological polar surface area (TPSA) is 81.4 Å². The Morgan fingerprint density at radius 3 is 2.50 bits per heavy atom. The lowest BCUT2D eigenvalue weighted by Gasteiger charge is -2.21. The van der Waals surface area contributed by atoms with Crippen LogP contribution < -0.4 is 11.1 Å². The third kappa shape index (κ3) is 4.58. The van der Waals surface area contributed by atoms with E-state index in [9.17, 15) is 9.59 Å². The summed E-state index contributed by atoms with van der Waals surface area (Å²) in [4.78, 5) is 23.4. The van der Waals surface area contributed by atoms with Crippen LogP contribution in [0, 0.1) is 5.41 Å². The Balaban J connectivity index is 0.00000361. The molecule has 0 saturated heterocycles. The number of carbonyl (C=O) groups excluding carboxylic acids is 2. The maximum absolute atomic E-state index is 11.9. The number of halogens is 2. The summed E-state index contributed by atoms with van der Waals surface area (Å²) < 4.78 is 4.66. The second-order valence-corrected chi connectivity index (χ2v) is 5.20. The van der Waals surface area contributed by atoms with Gasteiger partial charge in [-0.2, -0.15) is 0 Å². The van der Waals surface area contributed by atoms with Gasteiger partial charge in [-0.15, -0.1) is 12.4 Å². The molecule has 7 heteroatoms. The lowest BCUT2D eigenvalue weighted by Crippen LogP contribution is -2.39. The number of anilines is 1. The molecule has 1 amide bonds. The molecule has 112 valence electrons. The molecular formula is C13H18Cl2N2O3. The van der Waals surface area contributed by atoms with Crippen LogP contribution in [0.3, 0.4) is 0 Å². The third-order valence-corrected chi connectivity index (χ3v) is 2.98. The van der Waals surface area contributed by atoms with E-state index in [1.807, 2.05) is 0 Å². The van der Waals surface area contributed by atoms with Crippen LogP contribution >= 0.6 is 24.0 Å². The zero-order valence-corrected chi connectivity index (χ0v) is 13.1. The van der Waals surface area contributed by atoms with Gasteiger partial charge in [0.25, 0.3) is 5.91 Å². The van der Waals surface area contributed by atoms with Crippen molar-refractivity contribution in [2.45, 2.75) is 13.8 Å². The summed E-state index contributed by atoms with van der Waals surface area (Å²) in [6.45, 7) is 3.52. The molecule has 0 aromatic heterocycles. The molecule has 3 N–H and O–H groups in total. The number of nitrogens with two attached hydrogens (primary N) is 1. The van der Waals surface area contributed by atoms with Crippen molar-refractivity contribution in [2.24, 2.45) is 5.41 Å². The van der Waals surface area contributed by atoms with E-state index in [1.165, 1.54) is 19.2 Å². The molecule has 20 heavy (non-hydrogen) atoms. The molecule has 0 aliphatic carbocycles. The van der Waals surface area contributed by atoms with Crippen LogP contribution in [0.15, 0.2) is 18.2 Å². The second kappa shape index (κ2) is 7.36. The van der Waals surface area contributed by atoms with E-state index in [0.717, 1.165) is 0 Å². The van der Waals surface area contributed by atoms with Crippen LogP contribution in [-0.2, 0) is 9.53 Å². The van der Waals surface area contributed by atoms with Gasteiger partial charge in [0.1, 0.15) is 0 Å². The number of rotatable bonds is 4. The molecular weight excluding hydrogens is 303 g/mol. The molecule has 0 aliphatic heterocycles. The normalized spacial score (nSPS) is 10.4. The third-order valence-electron chi connectivity index (χ3n) is 2.67. The van der Waals surface area contributed by atoms with E-state index in [4.69, 9.17) is 17.3 Å². The monoisotopic (exact) mass is 320 g/mol. The summed E-state index contributed by atoms with van der Waals surface area (Å²) in [6.07, 6.45) is 0. The summed E-state index contributed by atoms with van der Waals surface area (Å²) in [5.74, 6) is -0.752.